The summed E-state index contributed by atoms with van der Waals surface area (Å²) >= 11 is 0. The van der Waals surface area contributed by atoms with Gasteiger partial charge in [-0.15, -0.1) is 0 Å². The van der Waals surface area contributed by atoms with E-state index in [1.165, 1.54) is 24.0 Å². The molecule has 94 valence electrons. The summed E-state index contributed by atoms with van der Waals surface area (Å²) in [6.07, 6.45) is 4.00. The molecule has 0 aliphatic carbocycles. The van der Waals surface area contributed by atoms with Crippen LogP contribution in [-0.4, -0.2) is 49.4 Å². The molecule has 0 atom stereocenters. The van der Waals surface area contributed by atoms with Crippen molar-refractivity contribution in [2.45, 2.75) is 0 Å². The van der Waals surface area contributed by atoms with Crippen LogP contribution in [0.15, 0.2) is 35.6 Å². The van der Waals surface area contributed by atoms with Gasteiger partial charge in [-0.3, -0.25) is 5.01 Å². The van der Waals surface area contributed by atoms with Gasteiger partial charge >= 0.3 is 0 Å². The third-order valence-electron chi connectivity index (χ3n) is 3.57. The molecule has 0 amide bonds. The predicted molar refractivity (Wildman–Crippen MR) is 74.1 cm³/mol. The quantitative estimate of drug-likeness (QED) is 0.733. The number of hydrogen-bond donors (Lipinski definition) is 2. The second-order valence-corrected chi connectivity index (χ2v) is 4.94. The number of piperazine rings is 1. The first kappa shape index (κ1) is 11.3. The number of rotatable bonds is 2. The minimum atomic E-state index is 1.05. The molecule has 2 heterocycles. The van der Waals surface area contributed by atoms with Crippen LogP contribution < -0.4 is 4.90 Å². The topological polar surface area (TPSA) is 35.8 Å². The molecule has 2 aromatic rings. The number of likely N-dealkylation sites (N-methyl/N-ethyl adjacent to an activating group) is 1. The number of nitrogens with zero attached hydrogens (tertiary/aromatic N) is 2. The minimum Gasteiger partial charge on any atom is -0.361 e. The van der Waals surface area contributed by atoms with Gasteiger partial charge in [0.15, 0.2) is 0 Å². The fraction of sp³-hybridized carbons (Fsp3) is 0.357. The van der Waals surface area contributed by atoms with Crippen molar-refractivity contribution in [1.29, 1.82) is 0 Å². The number of fused-ring (bicyclic) bond motifs is 1. The zero-order valence-corrected chi connectivity index (χ0v) is 10.7. The SMILES string of the molecule is C[NH+]1CCN(N=Cc2c[nH]c3ccccc23)CC1. The third kappa shape index (κ3) is 2.24. The molecule has 1 aromatic carbocycles. The molecule has 1 aliphatic heterocycles. The van der Waals surface area contributed by atoms with Gasteiger partial charge < -0.3 is 9.88 Å². The number of quaternary nitrogens is 1. The maximum Gasteiger partial charge on any atom is 0.0964 e. The van der Waals surface area contributed by atoms with Gasteiger partial charge in [0, 0.05) is 22.7 Å². The van der Waals surface area contributed by atoms with Gasteiger partial charge in [0.25, 0.3) is 0 Å². The molecule has 4 heteroatoms. The molecule has 1 aromatic heterocycles. The lowest BCUT2D eigenvalue weighted by Gasteiger charge is -2.27. The van der Waals surface area contributed by atoms with Crippen LogP contribution >= 0.6 is 0 Å². The Hall–Kier alpha value is -1.81. The average molecular weight is 243 g/mol. The number of aromatic nitrogens is 1. The number of benzene rings is 1. The van der Waals surface area contributed by atoms with Crippen LogP contribution in [0.3, 0.4) is 0 Å². The molecule has 2 N–H and O–H groups in total. The van der Waals surface area contributed by atoms with Crippen LogP contribution in [0.5, 0.6) is 0 Å². The van der Waals surface area contributed by atoms with Crippen molar-refractivity contribution >= 4 is 17.1 Å². The van der Waals surface area contributed by atoms with E-state index in [0.717, 1.165) is 18.7 Å². The average Bonchev–Trinajstić information content (AvgIpc) is 2.82. The Balaban J connectivity index is 1.76. The summed E-state index contributed by atoms with van der Waals surface area (Å²) in [7, 11) is 2.24. The van der Waals surface area contributed by atoms with Crippen LogP contribution in [0.1, 0.15) is 5.56 Å². The normalized spacial score (nSPS) is 17.9. The molecule has 0 bridgehead atoms. The van der Waals surface area contributed by atoms with E-state index in [0.29, 0.717) is 0 Å². The fourth-order valence-corrected chi connectivity index (χ4v) is 2.34. The number of nitrogens with one attached hydrogen (secondary N) is 2. The van der Waals surface area contributed by atoms with Crippen molar-refractivity contribution in [3.05, 3.63) is 36.0 Å². The molecule has 1 fully saturated rings. The van der Waals surface area contributed by atoms with Crippen LogP contribution in [-0.2, 0) is 0 Å². The van der Waals surface area contributed by atoms with Crippen LogP contribution in [0.25, 0.3) is 10.9 Å². The molecule has 3 rings (SSSR count). The van der Waals surface area contributed by atoms with Crippen molar-refractivity contribution in [3.63, 3.8) is 0 Å². The number of para-hydroxylation sites is 1. The highest BCUT2D eigenvalue weighted by molar-refractivity contribution is 5.98. The van der Waals surface area contributed by atoms with Crippen LogP contribution in [0.2, 0.25) is 0 Å². The molecule has 0 spiro atoms. The lowest BCUT2D eigenvalue weighted by molar-refractivity contribution is -0.884. The largest absolute Gasteiger partial charge is 0.361 e. The van der Waals surface area contributed by atoms with E-state index in [4.69, 9.17) is 0 Å². The monoisotopic (exact) mass is 243 g/mol. The number of hydrazone groups is 1. The zero-order chi connectivity index (χ0) is 12.4. The molecular formula is C14H19N4+. The third-order valence-corrected chi connectivity index (χ3v) is 3.57. The lowest BCUT2D eigenvalue weighted by atomic mass is 10.2. The molecule has 1 saturated heterocycles. The van der Waals surface area contributed by atoms with Crippen molar-refractivity contribution in [2.24, 2.45) is 5.10 Å². The Kier molecular flexibility index (Phi) is 3.02. The summed E-state index contributed by atoms with van der Waals surface area (Å²) < 4.78 is 0. The predicted octanol–water partition coefficient (Wildman–Crippen LogP) is 0.332. The van der Waals surface area contributed by atoms with Crippen LogP contribution in [0, 0.1) is 0 Å². The second-order valence-electron chi connectivity index (χ2n) is 4.94. The molecule has 0 radical (unpaired) electrons. The summed E-state index contributed by atoms with van der Waals surface area (Å²) in [6, 6.07) is 8.32. The maximum absolute atomic E-state index is 4.59. The Morgan fingerprint density at radius 2 is 2.06 bits per heavy atom. The van der Waals surface area contributed by atoms with Crippen molar-refractivity contribution in [3.8, 4) is 0 Å². The minimum absolute atomic E-state index is 1.05. The number of aromatic amines is 1. The number of H-pyrrole nitrogens is 1. The zero-order valence-electron chi connectivity index (χ0n) is 10.7. The summed E-state index contributed by atoms with van der Waals surface area (Å²) in [5.74, 6) is 0. The molecule has 18 heavy (non-hydrogen) atoms. The second kappa shape index (κ2) is 4.82. The van der Waals surface area contributed by atoms with E-state index in [2.05, 4.69) is 40.3 Å². The number of hydrogen-bond acceptors (Lipinski definition) is 2. The Bertz CT molecular complexity index is 550. The van der Waals surface area contributed by atoms with E-state index in [9.17, 15) is 0 Å². The van der Waals surface area contributed by atoms with Gasteiger partial charge in [-0.2, -0.15) is 5.10 Å². The molecule has 0 unspecified atom stereocenters. The van der Waals surface area contributed by atoms with Gasteiger partial charge in [-0.05, 0) is 6.07 Å². The standard InChI is InChI=1S/C14H18N4/c1-17-6-8-18(9-7-17)16-11-12-10-15-14-5-3-2-4-13(12)14/h2-5,10-11,15H,6-9H2,1H3/p+1. The first-order valence-corrected chi connectivity index (χ1v) is 6.49. The van der Waals surface area contributed by atoms with Crippen molar-refractivity contribution in [1.82, 2.24) is 9.99 Å². The molecule has 4 nitrogen and oxygen atoms in total. The summed E-state index contributed by atoms with van der Waals surface area (Å²) in [6.45, 7) is 4.44. The van der Waals surface area contributed by atoms with Gasteiger partial charge in [-0.1, -0.05) is 18.2 Å². The highest BCUT2D eigenvalue weighted by atomic mass is 15.5. The fourth-order valence-electron chi connectivity index (χ4n) is 2.34. The van der Waals surface area contributed by atoms with E-state index >= 15 is 0 Å². The Morgan fingerprint density at radius 1 is 1.28 bits per heavy atom. The molecule has 1 aliphatic rings. The summed E-state index contributed by atoms with van der Waals surface area (Å²) in [5.41, 5.74) is 2.33. The molecule has 0 saturated carbocycles. The van der Waals surface area contributed by atoms with Crippen LogP contribution in [0.4, 0.5) is 0 Å². The van der Waals surface area contributed by atoms with E-state index in [1.54, 1.807) is 4.90 Å². The van der Waals surface area contributed by atoms with Gasteiger partial charge in [0.05, 0.1) is 39.4 Å². The lowest BCUT2D eigenvalue weighted by Crippen LogP contribution is -3.11. The van der Waals surface area contributed by atoms with E-state index in [1.807, 2.05) is 18.5 Å². The highest BCUT2D eigenvalue weighted by Crippen LogP contribution is 2.15. The highest BCUT2D eigenvalue weighted by Gasteiger charge is 2.14. The summed E-state index contributed by atoms with van der Waals surface area (Å²) in [5, 5.41) is 7.98. The molecular weight excluding hydrogens is 224 g/mol. The van der Waals surface area contributed by atoms with Gasteiger partial charge in [-0.25, -0.2) is 0 Å². The maximum atomic E-state index is 4.59. The van der Waals surface area contributed by atoms with Gasteiger partial charge in [0.2, 0.25) is 0 Å². The van der Waals surface area contributed by atoms with Gasteiger partial charge in [0.1, 0.15) is 0 Å². The van der Waals surface area contributed by atoms with Crippen molar-refractivity contribution < 1.29 is 4.90 Å². The first-order valence-electron chi connectivity index (χ1n) is 6.49. The van der Waals surface area contributed by atoms with E-state index < -0.39 is 0 Å². The van der Waals surface area contributed by atoms with E-state index in [-0.39, 0.29) is 0 Å². The Labute approximate surface area is 107 Å². The summed E-state index contributed by atoms with van der Waals surface area (Å²) in [4.78, 5) is 4.86. The smallest absolute Gasteiger partial charge is 0.0964 e. The Morgan fingerprint density at radius 3 is 2.89 bits per heavy atom. The first-order chi connectivity index (χ1) is 8.83. The van der Waals surface area contributed by atoms with Crippen molar-refractivity contribution in [2.75, 3.05) is 33.2 Å².